The second kappa shape index (κ2) is 9.90. The summed E-state index contributed by atoms with van der Waals surface area (Å²) >= 11 is 1.38. The van der Waals surface area contributed by atoms with E-state index in [1.807, 2.05) is 48.5 Å². The van der Waals surface area contributed by atoms with Crippen LogP contribution in [0.3, 0.4) is 0 Å². The molecular formula is C28H23FN2O3S. The summed E-state index contributed by atoms with van der Waals surface area (Å²) in [6.45, 7) is 0. The smallest absolute Gasteiger partial charge is 0.243 e. The van der Waals surface area contributed by atoms with E-state index in [2.05, 4.69) is 4.98 Å². The summed E-state index contributed by atoms with van der Waals surface area (Å²) in [5, 5.41) is 19.9. The highest BCUT2D eigenvalue weighted by Gasteiger charge is 2.49. The second-order valence-corrected chi connectivity index (χ2v) is 9.53. The molecule has 1 aromatic heterocycles. The fourth-order valence-corrected chi connectivity index (χ4v) is 5.53. The Morgan fingerprint density at radius 2 is 1.66 bits per heavy atom. The number of aromatic hydroxyl groups is 1. The van der Waals surface area contributed by atoms with Crippen molar-refractivity contribution in [2.75, 3.05) is 10.7 Å². The normalized spacial score (nSPS) is 18.2. The number of aliphatic hydroxyl groups excluding tert-OH is 1. The van der Waals surface area contributed by atoms with Crippen molar-refractivity contribution in [3.63, 3.8) is 0 Å². The van der Waals surface area contributed by atoms with Crippen molar-refractivity contribution in [3.05, 3.63) is 114 Å². The highest BCUT2D eigenvalue weighted by Crippen LogP contribution is 2.46. The van der Waals surface area contributed by atoms with E-state index in [-0.39, 0.29) is 23.5 Å². The number of hydrogen-bond donors (Lipinski definition) is 2. The molecule has 1 fully saturated rings. The number of hydrogen-bond acceptors (Lipinski definition) is 5. The Labute approximate surface area is 206 Å². The van der Waals surface area contributed by atoms with Crippen LogP contribution in [0.15, 0.2) is 97.3 Å². The Morgan fingerprint density at radius 3 is 2.31 bits per heavy atom. The molecule has 0 unspecified atom stereocenters. The number of rotatable bonds is 7. The maximum Gasteiger partial charge on any atom is 0.243 e. The molecule has 0 aliphatic carbocycles. The van der Waals surface area contributed by atoms with Gasteiger partial charge in [0.15, 0.2) is 0 Å². The van der Waals surface area contributed by atoms with E-state index in [0.29, 0.717) is 11.3 Å². The molecule has 3 atom stereocenters. The lowest BCUT2D eigenvalue weighted by Crippen LogP contribution is -2.57. The summed E-state index contributed by atoms with van der Waals surface area (Å²) in [6.07, 6.45) is 2.70. The van der Waals surface area contributed by atoms with Gasteiger partial charge in [-0.15, -0.1) is 11.8 Å². The quantitative estimate of drug-likeness (QED) is 0.337. The van der Waals surface area contributed by atoms with Crippen molar-refractivity contribution < 1.29 is 19.4 Å². The Morgan fingerprint density at radius 1 is 0.943 bits per heavy atom. The van der Waals surface area contributed by atoms with Crippen LogP contribution in [0.1, 0.15) is 23.3 Å². The standard InChI is InChI=1S/C28H23FN2O3S/c29-22-9-3-19(4-10-22)25(33)17-35-27-26(20-7-13-24(32)14-8-20)31(28(27)34)23-11-5-18(6-12-23)21-2-1-15-30-16-21/h1-16,25-27,32-33H,17H2/t25-,26-,27-/m1/s1. The molecule has 4 aromatic rings. The highest BCUT2D eigenvalue weighted by molar-refractivity contribution is 8.00. The minimum atomic E-state index is -0.818. The molecule has 2 N–H and O–H groups in total. The van der Waals surface area contributed by atoms with Gasteiger partial charge in [0.2, 0.25) is 5.91 Å². The third kappa shape index (κ3) is 4.78. The van der Waals surface area contributed by atoms with E-state index < -0.39 is 11.4 Å². The average molecular weight is 487 g/mol. The van der Waals surface area contributed by atoms with Gasteiger partial charge in [-0.3, -0.25) is 9.78 Å². The van der Waals surface area contributed by atoms with Crippen molar-refractivity contribution in [3.8, 4) is 16.9 Å². The number of carbonyl (C=O) groups excluding carboxylic acids is 1. The number of halogens is 1. The molecule has 176 valence electrons. The minimum absolute atomic E-state index is 0.0477. The average Bonchev–Trinajstić information content (AvgIpc) is 2.89. The predicted octanol–water partition coefficient (Wildman–Crippen LogP) is 5.52. The lowest BCUT2D eigenvalue weighted by molar-refractivity contribution is -0.123. The summed E-state index contributed by atoms with van der Waals surface area (Å²) in [5.41, 5.74) is 4.27. The zero-order chi connectivity index (χ0) is 24.4. The van der Waals surface area contributed by atoms with Gasteiger partial charge in [0.05, 0.1) is 12.1 Å². The van der Waals surface area contributed by atoms with Crippen LogP contribution >= 0.6 is 11.8 Å². The lowest BCUT2D eigenvalue weighted by atomic mass is 9.92. The van der Waals surface area contributed by atoms with Gasteiger partial charge >= 0.3 is 0 Å². The lowest BCUT2D eigenvalue weighted by Gasteiger charge is -2.47. The number of aliphatic hydroxyl groups is 1. The van der Waals surface area contributed by atoms with Crippen LogP contribution in [0.5, 0.6) is 5.75 Å². The number of amides is 1. The molecule has 5 rings (SSSR count). The molecule has 1 aliphatic rings. The largest absolute Gasteiger partial charge is 0.508 e. The number of phenolic OH excluding ortho intramolecular Hbond substituents is 1. The number of carbonyl (C=O) groups is 1. The number of thioether (sulfide) groups is 1. The van der Waals surface area contributed by atoms with Crippen LogP contribution < -0.4 is 4.90 Å². The summed E-state index contributed by atoms with van der Waals surface area (Å²) in [4.78, 5) is 19.2. The van der Waals surface area contributed by atoms with Crippen molar-refractivity contribution in [1.82, 2.24) is 4.98 Å². The van der Waals surface area contributed by atoms with Crippen LogP contribution in [0, 0.1) is 5.82 Å². The summed E-state index contributed by atoms with van der Waals surface area (Å²) in [7, 11) is 0. The van der Waals surface area contributed by atoms with Gasteiger partial charge in [0, 0.05) is 23.8 Å². The van der Waals surface area contributed by atoms with E-state index in [9.17, 15) is 19.4 Å². The van der Waals surface area contributed by atoms with Gasteiger partial charge in [0.25, 0.3) is 0 Å². The van der Waals surface area contributed by atoms with Crippen LogP contribution in [0.2, 0.25) is 0 Å². The van der Waals surface area contributed by atoms with Crippen molar-refractivity contribution in [1.29, 1.82) is 0 Å². The van der Waals surface area contributed by atoms with Crippen molar-refractivity contribution in [2.45, 2.75) is 17.4 Å². The predicted molar refractivity (Wildman–Crippen MR) is 136 cm³/mol. The minimum Gasteiger partial charge on any atom is -0.508 e. The number of pyridine rings is 1. The first-order valence-corrected chi connectivity index (χ1v) is 12.2. The molecule has 0 spiro atoms. The molecule has 2 heterocycles. The van der Waals surface area contributed by atoms with Gasteiger partial charge in [-0.05, 0) is 64.7 Å². The Hall–Kier alpha value is -3.68. The van der Waals surface area contributed by atoms with Crippen LogP contribution in [0.25, 0.3) is 11.1 Å². The Bertz CT molecular complexity index is 1300. The third-order valence-corrected chi connectivity index (χ3v) is 7.44. The molecule has 35 heavy (non-hydrogen) atoms. The third-order valence-electron chi connectivity index (χ3n) is 6.11. The fourth-order valence-electron chi connectivity index (χ4n) is 4.23. The number of benzene rings is 3. The zero-order valence-electron chi connectivity index (χ0n) is 18.7. The number of nitrogens with zero attached hydrogens (tertiary/aromatic N) is 2. The van der Waals surface area contributed by atoms with Crippen LogP contribution in [0.4, 0.5) is 10.1 Å². The summed E-state index contributed by atoms with van der Waals surface area (Å²) in [5.74, 6) is 0.0429. The van der Waals surface area contributed by atoms with Gasteiger partial charge in [0.1, 0.15) is 16.8 Å². The van der Waals surface area contributed by atoms with Gasteiger partial charge in [-0.25, -0.2) is 4.39 Å². The maximum absolute atomic E-state index is 13.3. The van der Waals surface area contributed by atoms with Crippen molar-refractivity contribution in [2.24, 2.45) is 0 Å². The molecule has 5 nitrogen and oxygen atoms in total. The molecule has 0 bridgehead atoms. The van der Waals surface area contributed by atoms with E-state index in [1.165, 1.54) is 23.9 Å². The number of anilines is 1. The highest BCUT2D eigenvalue weighted by atomic mass is 32.2. The Kier molecular flexibility index (Phi) is 6.53. The summed E-state index contributed by atoms with van der Waals surface area (Å²) < 4.78 is 13.2. The number of aromatic nitrogens is 1. The molecule has 7 heteroatoms. The molecule has 1 amide bonds. The van der Waals surface area contributed by atoms with Gasteiger partial charge < -0.3 is 15.1 Å². The second-order valence-electron chi connectivity index (χ2n) is 8.35. The number of phenols is 1. The molecule has 3 aromatic carbocycles. The zero-order valence-corrected chi connectivity index (χ0v) is 19.5. The molecule has 0 radical (unpaired) electrons. The Balaban J connectivity index is 1.37. The van der Waals surface area contributed by atoms with Crippen LogP contribution in [-0.2, 0) is 4.79 Å². The first-order chi connectivity index (χ1) is 17.0. The molecule has 0 saturated carbocycles. The topological polar surface area (TPSA) is 73.7 Å². The monoisotopic (exact) mass is 486 g/mol. The molecule has 1 aliphatic heterocycles. The molecule has 1 saturated heterocycles. The first kappa shape index (κ1) is 23.1. The van der Waals surface area contributed by atoms with E-state index in [1.54, 1.807) is 41.6 Å². The van der Waals surface area contributed by atoms with Gasteiger partial charge in [-0.2, -0.15) is 0 Å². The molecular weight excluding hydrogens is 463 g/mol. The van der Waals surface area contributed by atoms with Crippen LogP contribution in [-0.4, -0.2) is 32.1 Å². The van der Waals surface area contributed by atoms with Crippen molar-refractivity contribution >= 4 is 23.4 Å². The van der Waals surface area contributed by atoms with E-state index in [0.717, 1.165) is 22.4 Å². The van der Waals surface area contributed by atoms with E-state index >= 15 is 0 Å². The number of β-lactam (4-membered cyclic amide) rings is 1. The summed E-state index contributed by atoms with van der Waals surface area (Å²) in [6, 6.07) is 23.9. The maximum atomic E-state index is 13.3. The fraction of sp³-hybridized carbons (Fsp3) is 0.143. The first-order valence-electron chi connectivity index (χ1n) is 11.2. The van der Waals surface area contributed by atoms with E-state index in [4.69, 9.17) is 0 Å². The SMILES string of the molecule is O=C1[C@H](SC[C@@H](O)c2ccc(F)cc2)[C@@H](c2ccc(O)cc2)N1c1ccc(-c2cccnc2)cc1. The van der Waals surface area contributed by atoms with Gasteiger partial charge in [-0.1, -0.05) is 42.5 Å².